The maximum atomic E-state index is 12.1. The number of nitrogens with zero attached hydrogens (tertiary/aromatic N) is 2. The van der Waals surface area contributed by atoms with Gasteiger partial charge in [-0.1, -0.05) is 13.3 Å². The second kappa shape index (κ2) is 8.33. The minimum Gasteiger partial charge on any atom is -0.494 e. The van der Waals surface area contributed by atoms with E-state index in [0.29, 0.717) is 18.0 Å². The van der Waals surface area contributed by atoms with E-state index < -0.39 is 6.36 Å². The van der Waals surface area contributed by atoms with Crippen LogP contribution in [0.4, 0.5) is 24.5 Å². The zero-order chi connectivity index (χ0) is 17.4. The molecule has 0 saturated heterocycles. The van der Waals surface area contributed by atoms with Crippen LogP contribution in [0, 0.1) is 0 Å². The SMILES string of the molecule is CCCCOc1ccc(N=Nc2ccc(OC(F)(F)F)cc2)cc1. The molecule has 0 heterocycles. The molecule has 0 unspecified atom stereocenters. The standard InChI is InChI=1S/C17H17F3N2O2/c1-2-3-12-23-15-8-4-13(5-9-15)21-22-14-6-10-16(11-7-14)24-17(18,19)20/h4-11H,2-3,12H2,1H3. The summed E-state index contributed by atoms with van der Waals surface area (Å²) in [5.74, 6) is 0.464. The van der Waals surface area contributed by atoms with Crippen molar-refractivity contribution >= 4 is 11.4 Å². The van der Waals surface area contributed by atoms with Gasteiger partial charge in [0.25, 0.3) is 0 Å². The molecule has 7 heteroatoms. The first-order valence-electron chi connectivity index (χ1n) is 7.47. The van der Waals surface area contributed by atoms with Crippen LogP contribution in [0.15, 0.2) is 58.8 Å². The van der Waals surface area contributed by atoms with Crippen LogP contribution in [0.2, 0.25) is 0 Å². The molecule has 0 amide bonds. The van der Waals surface area contributed by atoms with Gasteiger partial charge in [0.2, 0.25) is 0 Å². The van der Waals surface area contributed by atoms with Crippen LogP contribution in [0.3, 0.4) is 0 Å². The summed E-state index contributed by atoms with van der Waals surface area (Å²) in [6.45, 7) is 2.76. The van der Waals surface area contributed by atoms with Crippen LogP contribution < -0.4 is 9.47 Å². The molecule has 0 aliphatic rings. The first-order valence-corrected chi connectivity index (χ1v) is 7.47. The predicted molar refractivity (Wildman–Crippen MR) is 84.1 cm³/mol. The minimum atomic E-state index is -4.70. The zero-order valence-electron chi connectivity index (χ0n) is 13.1. The van der Waals surface area contributed by atoms with Crippen molar-refractivity contribution in [1.82, 2.24) is 0 Å². The number of unbranched alkanes of at least 4 members (excludes halogenated alkanes) is 1. The third-order valence-corrected chi connectivity index (χ3v) is 2.95. The van der Waals surface area contributed by atoms with E-state index in [4.69, 9.17) is 4.74 Å². The van der Waals surface area contributed by atoms with Crippen LogP contribution in [-0.4, -0.2) is 13.0 Å². The lowest BCUT2D eigenvalue weighted by Gasteiger charge is -2.08. The van der Waals surface area contributed by atoms with Crippen molar-refractivity contribution in [2.45, 2.75) is 26.1 Å². The maximum Gasteiger partial charge on any atom is 0.573 e. The average molecular weight is 338 g/mol. The largest absolute Gasteiger partial charge is 0.573 e. The Labute approximate surface area is 137 Å². The van der Waals surface area contributed by atoms with E-state index in [1.165, 1.54) is 24.3 Å². The van der Waals surface area contributed by atoms with Gasteiger partial charge in [0.15, 0.2) is 0 Å². The summed E-state index contributed by atoms with van der Waals surface area (Å²) in [6.07, 6.45) is -2.64. The van der Waals surface area contributed by atoms with Crippen molar-refractivity contribution in [3.63, 3.8) is 0 Å². The molecule has 24 heavy (non-hydrogen) atoms. The Morgan fingerprint density at radius 3 is 1.79 bits per heavy atom. The highest BCUT2D eigenvalue weighted by Crippen LogP contribution is 2.26. The number of hydrogen-bond donors (Lipinski definition) is 0. The topological polar surface area (TPSA) is 43.2 Å². The molecule has 0 radical (unpaired) electrons. The zero-order valence-corrected chi connectivity index (χ0v) is 13.1. The number of alkyl halides is 3. The predicted octanol–water partition coefficient (Wildman–Crippen LogP) is 6.18. The number of hydrogen-bond acceptors (Lipinski definition) is 4. The molecule has 4 nitrogen and oxygen atoms in total. The highest BCUT2D eigenvalue weighted by molar-refractivity contribution is 5.44. The summed E-state index contributed by atoms with van der Waals surface area (Å²) in [5.41, 5.74) is 1.04. The molecular formula is C17H17F3N2O2. The van der Waals surface area contributed by atoms with Crippen molar-refractivity contribution in [3.05, 3.63) is 48.5 Å². The summed E-state index contributed by atoms with van der Waals surface area (Å²) in [4.78, 5) is 0. The fourth-order valence-corrected chi connectivity index (χ4v) is 1.77. The second-order valence-corrected chi connectivity index (χ2v) is 4.94. The summed E-state index contributed by atoms with van der Waals surface area (Å²) >= 11 is 0. The van der Waals surface area contributed by atoms with Crippen LogP contribution in [0.25, 0.3) is 0 Å². The Hall–Kier alpha value is -2.57. The lowest BCUT2D eigenvalue weighted by molar-refractivity contribution is -0.274. The summed E-state index contributed by atoms with van der Waals surface area (Å²) in [5, 5.41) is 7.99. The fourth-order valence-electron chi connectivity index (χ4n) is 1.77. The molecule has 0 aliphatic carbocycles. The number of ether oxygens (including phenoxy) is 2. The third kappa shape index (κ3) is 6.28. The quantitative estimate of drug-likeness (QED) is 0.447. The average Bonchev–Trinajstić information content (AvgIpc) is 2.54. The Bertz CT molecular complexity index is 653. The van der Waals surface area contributed by atoms with E-state index in [1.54, 1.807) is 24.3 Å². The van der Waals surface area contributed by atoms with Crippen molar-refractivity contribution in [1.29, 1.82) is 0 Å². The maximum absolute atomic E-state index is 12.1. The summed E-state index contributed by atoms with van der Waals surface area (Å²) in [6, 6.07) is 12.3. The van der Waals surface area contributed by atoms with Crippen LogP contribution in [0.1, 0.15) is 19.8 Å². The van der Waals surface area contributed by atoms with Gasteiger partial charge in [-0.25, -0.2) is 0 Å². The molecule has 0 aliphatic heterocycles. The van der Waals surface area contributed by atoms with Gasteiger partial charge in [0.1, 0.15) is 11.5 Å². The second-order valence-electron chi connectivity index (χ2n) is 4.94. The molecular weight excluding hydrogens is 321 g/mol. The third-order valence-electron chi connectivity index (χ3n) is 2.95. The smallest absolute Gasteiger partial charge is 0.494 e. The van der Waals surface area contributed by atoms with Gasteiger partial charge >= 0.3 is 6.36 Å². The van der Waals surface area contributed by atoms with E-state index in [-0.39, 0.29) is 5.75 Å². The number of rotatable bonds is 7. The van der Waals surface area contributed by atoms with E-state index >= 15 is 0 Å². The van der Waals surface area contributed by atoms with Gasteiger partial charge in [-0.2, -0.15) is 10.2 Å². The Morgan fingerprint density at radius 1 is 0.833 bits per heavy atom. The van der Waals surface area contributed by atoms with Gasteiger partial charge in [-0.15, -0.1) is 13.2 Å². The number of azo groups is 1. The Balaban J connectivity index is 1.93. The van der Waals surface area contributed by atoms with Gasteiger partial charge in [-0.05, 0) is 55.0 Å². The lowest BCUT2D eigenvalue weighted by atomic mass is 10.3. The number of benzene rings is 2. The highest BCUT2D eigenvalue weighted by Gasteiger charge is 2.30. The molecule has 0 saturated carbocycles. The summed E-state index contributed by atoms with van der Waals surface area (Å²) < 4.78 is 45.5. The first-order chi connectivity index (χ1) is 11.5. The Kier molecular flexibility index (Phi) is 6.17. The van der Waals surface area contributed by atoms with Gasteiger partial charge in [0.05, 0.1) is 18.0 Å². The van der Waals surface area contributed by atoms with Crippen molar-refractivity contribution < 1.29 is 22.6 Å². The van der Waals surface area contributed by atoms with E-state index in [2.05, 4.69) is 21.9 Å². The van der Waals surface area contributed by atoms with E-state index in [9.17, 15) is 13.2 Å². The van der Waals surface area contributed by atoms with E-state index in [0.717, 1.165) is 18.6 Å². The molecule has 128 valence electrons. The van der Waals surface area contributed by atoms with Crippen molar-refractivity contribution in [3.8, 4) is 11.5 Å². The molecule has 2 rings (SSSR count). The van der Waals surface area contributed by atoms with Crippen LogP contribution in [-0.2, 0) is 0 Å². The van der Waals surface area contributed by atoms with Gasteiger partial charge in [-0.3, -0.25) is 0 Å². The molecule has 0 fully saturated rings. The van der Waals surface area contributed by atoms with Crippen LogP contribution >= 0.6 is 0 Å². The lowest BCUT2D eigenvalue weighted by Crippen LogP contribution is -2.16. The first kappa shape index (κ1) is 17.8. The minimum absolute atomic E-state index is 0.296. The molecule has 0 spiro atoms. The van der Waals surface area contributed by atoms with E-state index in [1.807, 2.05) is 0 Å². The van der Waals surface area contributed by atoms with Gasteiger partial charge in [0, 0.05) is 0 Å². The van der Waals surface area contributed by atoms with Gasteiger partial charge < -0.3 is 9.47 Å². The molecule has 2 aromatic carbocycles. The molecule has 0 aromatic heterocycles. The monoisotopic (exact) mass is 338 g/mol. The molecule has 0 bridgehead atoms. The van der Waals surface area contributed by atoms with Crippen molar-refractivity contribution in [2.24, 2.45) is 10.2 Å². The highest BCUT2D eigenvalue weighted by atomic mass is 19.4. The number of halogens is 3. The van der Waals surface area contributed by atoms with Crippen molar-refractivity contribution in [2.75, 3.05) is 6.61 Å². The van der Waals surface area contributed by atoms with Crippen LogP contribution in [0.5, 0.6) is 11.5 Å². The Morgan fingerprint density at radius 2 is 1.33 bits per heavy atom. The molecule has 2 aromatic rings. The molecule has 0 N–H and O–H groups in total. The fraction of sp³-hybridized carbons (Fsp3) is 0.294. The molecule has 0 atom stereocenters. The normalized spacial score (nSPS) is 11.7. The summed E-state index contributed by atoms with van der Waals surface area (Å²) in [7, 11) is 0.